The van der Waals surface area contributed by atoms with E-state index >= 15 is 0 Å². The van der Waals surface area contributed by atoms with Crippen molar-refractivity contribution in [2.45, 2.75) is 0 Å². The molecule has 9 nitrogen and oxygen atoms in total. The Labute approximate surface area is 105 Å². The Morgan fingerprint density at radius 2 is 0.500 bits per heavy atom. The van der Waals surface area contributed by atoms with Crippen LogP contribution in [0.5, 0.6) is 0 Å². The number of hydrogen-bond acceptors (Lipinski definition) is 9. The molecule has 0 amide bonds. The molecule has 0 saturated heterocycles. The molecule has 0 aromatic carbocycles. The van der Waals surface area contributed by atoms with Gasteiger partial charge in [-0.3, -0.25) is 0 Å². The summed E-state index contributed by atoms with van der Waals surface area (Å²) in [6.07, 6.45) is 0. The molecule has 0 saturated carbocycles. The van der Waals surface area contributed by atoms with Crippen LogP contribution in [-0.4, -0.2) is 0 Å². The summed E-state index contributed by atoms with van der Waals surface area (Å²) in [5, 5.41) is 0. The van der Waals surface area contributed by atoms with Crippen molar-refractivity contribution in [3.8, 4) is 0 Å². The predicted molar refractivity (Wildman–Crippen MR) is 27.0 cm³/mol. The standard InChI is InChI=1S/3H3O3P.2V/c3*1-4(2)3;;/h3*4H,(H2,1,2,3);;/q;;;2*+3/p-6. The second-order valence-corrected chi connectivity index (χ2v) is 2.25. The first-order valence-electron chi connectivity index (χ1n) is 1.84. The van der Waals surface area contributed by atoms with Crippen LogP contribution in [0.4, 0.5) is 0 Å². The average molecular weight is 342 g/mol. The van der Waals surface area contributed by atoms with Crippen molar-refractivity contribution < 1.29 is 80.2 Å². The molecule has 0 aliphatic rings. The summed E-state index contributed by atoms with van der Waals surface area (Å²) in [5.74, 6) is 0. The van der Waals surface area contributed by atoms with Gasteiger partial charge in [-0.25, -0.2) is 0 Å². The third-order valence-electron chi connectivity index (χ3n) is 0. The fraction of sp³-hybridized carbons (Fsp3) is 0. The Bertz CT molecular complexity index is 116. The molecule has 14 heavy (non-hydrogen) atoms. The van der Waals surface area contributed by atoms with Crippen LogP contribution in [0.15, 0.2) is 0 Å². The van der Waals surface area contributed by atoms with Crippen LogP contribution in [0.3, 0.4) is 0 Å². The van der Waals surface area contributed by atoms with Gasteiger partial charge in [0.05, 0.1) is 0 Å². The Morgan fingerprint density at radius 3 is 0.500 bits per heavy atom. The van der Waals surface area contributed by atoms with Gasteiger partial charge in [-0.15, -0.1) is 0 Å². The van der Waals surface area contributed by atoms with E-state index in [1.807, 2.05) is 0 Å². The maximum Gasteiger partial charge on any atom is 3.00 e. The van der Waals surface area contributed by atoms with E-state index in [-0.39, 0.29) is 37.1 Å². The van der Waals surface area contributed by atoms with Crippen molar-refractivity contribution in [3.63, 3.8) is 0 Å². The topological polar surface area (TPSA) is 190 Å². The fourth-order valence-corrected chi connectivity index (χ4v) is 0. The normalized spacial score (nSPS) is 7.50. The molecule has 82 valence electrons. The van der Waals surface area contributed by atoms with Crippen molar-refractivity contribution in [1.29, 1.82) is 0 Å². The zero-order valence-corrected chi connectivity index (χ0v) is 11.9. The van der Waals surface area contributed by atoms with Gasteiger partial charge in [-0.05, 0) is 0 Å². The molecule has 0 fully saturated rings. The minimum Gasteiger partial charge on any atom is -0.813 e. The van der Waals surface area contributed by atoms with Gasteiger partial charge in [0.15, 0.2) is 0 Å². The molecule has 0 radical (unpaired) electrons. The Hall–Kier alpha value is 1.62. The summed E-state index contributed by atoms with van der Waals surface area (Å²) in [7, 11) is -10.9. The van der Waals surface area contributed by atoms with E-state index in [1.54, 1.807) is 0 Å². The summed E-state index contributed by atoms with van der Waals surface area (Å²) < 4.78 is 25.6. The second-order valence-electron chi connectivity index (χ2n) is 0.750. The van der Waals surface area contributed by atoms with Crippen molar-refractivity contribution in [2.24, 2.45) is 0 Å². The average Bonchev–Trinajstić information content (AvgIpc) is 1.54. The van der Waals surface area contributed by atoms with E-state index in [1.165, 1.54) is 0 Å². The molecule has 0 rings (SSSR count). The van der Waals surface area contributed by atoms with Gasteiger partial charge in [0.2, 0.25) is 0 Å². The van der Waals surface area contributed by atoms with Crippen molar-refractivity contribution in [3.05, 3.63) is 0 Å². The fourth-order valence-electron chi connectivity index (χ4n) is 0. The van der Waals surface area contributed by atoms with Gasteiger partial charge in [0.25, 0.3) is 0 Å². The molecular weight excluding hydrogens is 339 g/mol. The molecular formula is H3O9P3V2. The zero-order valence-electron chi connectivity index (χ0n) is 6.07. The maximum absolute atomic E-state index is 8.52. The molecule has 14 heteroatoms. The molecule has 0 aromatic rings. The van der Waals surface area contributed by atoms with Gasteiger partial charge in [0.1, 0.15) is 0 Å². The van der Waals surface area contributed by atoms with E-state index in [4.69, 9.17) is 43.1 Å². The first-order chi connectivity index (χ1) is 5.20. The first kappa shape index (κ1) is 29.6. The van der Waals surface area contributed by atoms with Crippen molar-refractivity contribution in [1.82, 2.24) is 0 Å². The SMILES string of the molecule is O=[PH]([O-])[O-].O=[PH]([O-])[O-].O=[PH]([O-])[O-].[V+3].[V+3]. The van der Waals surface area contributed by atoms with E-state index in [0.29, 0.717) is 0 Å². The molecule has 0 aromatic heterocycles. The van der Waals surface area contributed by atoms with Crippen LogP contribution in [-0.2, 0) is 50.8 Å². The van der Waals surface area contributed by atoms with Crippen LogP contribution >= 0.6 is 24.8 Å². The summed E-state index contributed by atoms with van der Waals surface area (Å²) in [6.45, 7) is 0. The van der Waals surface area contributed by atoms with Gasteiger partial charge < -0.3 is 43.1 Å². The van der Waals surface area contributed by atoms with E-state index in [0.717, 1.165) is 0 Å². The van der Waals surface area contributed by atoms with Gasteiger partial charge >= 0.3 is 37.1 Å². The summed E-state index contributed by atoms with van der Waals surface area (Å²) in [4.78, 5) is 51.1. The summed E-state index contributed by atoms with van der Waals surface area (Å²) in [6, 6.07) is 0. The van der Waals surface area contributed by atoms with Crippen LogP contribution in [0.2, 0.25) is 0 Å². The zero-order chi connectivity index (χ0) is 10.7. The molecule has 0 unspecified atom stereocenters. The predicted octanol–water partition coefficient (Wildman–Crippen LogP) is -5.71. The van der Waals surface area contributed by atoms with E-state index in [9.17, 15) is 0 Å². The molecule has 0 spiro atoms. The van der Waals surface area contributed by atoms with Crippen molar-refractivity contribution in [2.75, 3.05) is 0 Å². The van der Waals surface area contributed by atoms with Gasteiger partial charge in [-0.2, -0.15) is 0 Å². The molecule has 0 N–H and O–H groups in total. The number of rotatable bonds is 0. The second kappa shape index (κ2) is 24.0. The molecule has 0 atom stereocenters. The minimum absolute atomic E-state index is 0. The maximum atomic E-state index is 8.52. The van der Waals surface area contributed by atoms with Gasteiger partial charge in [0, 0.05) is 0 Å². The Morgan fingerprint density at radius 1 is 0.500 bits per heavy atom. The molecule has 0 heterocycles. The first-order valence-corrected chi connectivity index (χ1v) is 5.51. The van der Waals surface area contributed by atoms with Crippen LogP contribution in [0.25, 0.3) is 0 Å². The van der Waals surface area contributed by atoms with Crippen LogP contribution in [0, 0.1) is 0 Å². The van der Waals surface area contributed by atoms with Crippen molar-refractivity contribution >= 4 is 24.8 Å². The summed E-state index contributed by atoms with van der Waals surface area (Å²) in [5.41, 5.74) is 0. The summed E-state index contributed by atoms with van der Waals surface area (Å²) >= 11 is 0. The van der Waals surface area contributed by atoms with Crippen LogP contribution < -0.4 is 29.4 Å². The Balaban J connectivity index is -0.0000000270. The van der Waals surface area contributed by atoms with E-state index in [2.05, 4.69) is 0 Å². The smallest absolute Gasteiger partial charge is 0.813 e. The number of hydrogen-bond donors (Lipinski definition) is 0. The molecule has 0 aliphatic heterocycles. The quantitative estimate of drug-likeness (QED) is 0.386. The van der Waals surface area contributed by atoms with Crippen LogP contribution in [0.1, 0.15) is 0 Å². The monoisotopic (exact) mass is 342 g/mol. The largest absolute Gasteiger partial charge is 3.00 e. The molecule has 0 aliphatic carbocycles. The van der Waals surface area contributed by atoms with E-state index < -0.39 is 24.8 Å². The third kappa shape index (κ3) is 828. The third-order valence-corrected chi connectivity index (χ3v) is 0. The van der Waals surface area contributed by atoms with Gasteiger partial charge in [-0.1, -0.05) is 24.8 Å². The minimum atomic E-state index is -3.63. The molecule has 0 bridgehead atoms. The Kier molecular flexibility index (Phi) is 50.8.